The van der Waals surface area contributed by atoms with Gasteiger partial charge in [-0.05, 0) is 35.6 Å². The van der Waals surface area contributed by atoms with Gasteiger partial charge in [-0.15, -0.1) is 23.7 Å². The number of para-hydroxylation sites is 2. The van der Waals surface area contributed by atoms with Crippen LogP contribution in [0, 0.1) is 5.41 Å². The number of nitrogens with one attached hydrogen (secondary N) is 2. The molecule has 1 aromatic heterocycles. The minimum Gasteiger partial charge on any atom is -0.395 e. The van der Waals surface area contributed by atoms with Gasteiger partial charge in [-0.2, -0.15) is 4.72 Å². The highest BCUT2D eigenvalue weighted by molar-refractivity contribution is 7.89. The van der Waals surface area contributed by atoms with Crippen molar-refractivity contribution in [2.24, 2.45) is 5.41 Å². The van der Waals surface area contributed by atoms with E-state index in [0.29, 0.717) is 50.0 Å². The van der Waals surface area contributed by atoms with E-state index in [1.54, 1.807) is 17.0 Å². The second kappa shape index (κ2) is 12.1. The summed E-state index contributed by atoms with van der Waals surface area (Å²) >= 11 is 1.48. The number of sulfonamides is 1. The third-order valence-electron chi connectivity index (χ3n) is 7.23. The summed E-state index contributed by atoms with van der Waals surface area (Å²) in [5.74, 6) is -0.254. The quantitative estimate of drug-likeness (QED) is 0.368. The Hall–Kier alpha value is -2.28. The molecule has 0 bridgehead atoms. The molecule has 3 N–H and O–H groups in total. The van der Waals surface area contributed by atoms with Crippen LogP contribution in [-0.4, -0.2) is 86.1 Å². The number of β-amino-alcohol motifs (C(OH)–C–C–N with tert-alkyl or cyclic N) is 1. The van der Waals surface area contributed by atoms with Crippen molar-refractivity contribution in [1.29, 1.82) is 0 Å². The van der Waals surface area contributed by atoms with Gasteiger partial charge in [-0.25, -0.2) is 13.4 Å². The third kappa shape index (κ3) is 6.72. The lowest BCUT2D eigenvalue weighted by molar-refractivity contribution is -0.134. The molecule has 2 aliphatic heterocycles. The van der Waals surface area contributed by atoms with E-state index in [1.165, 1.54) is 11.3 Å². The van der Waals surface area contributed by atoms with Crippen LogP contribution in [0.25, 0.3) is 10.2 Å². The Balaban J connectivity index is 0.00000353. The van der Waals surface area contributed by atoms with Crippen LogP contribution < -0.4 is 10.0 Å². The monoisotopic (exact) mass is 593 g/mol. The zero-order valence-corrected chi connectivity index (χ0v) is 24.7. The number of thiazole rings is 1. The number of benzene rings is 2. The molecule has 39 heavy (non-hydrogen) atoms. The van der Waals surface area contributed by atoms with E-state index in [2.05, 4.69) is 33.8 Å². The fraction of sp³-hybridized carbons (Fsp3) is 0.481. The lowest BCUT2D eigenvalue weighted by atomic mass is 9.82. The minimum atomic E-state index is -4.02. The Morgan fingerprint density at radius 1 is 1.15 bits per heavy atom. The second-order valence-electron chi connectivity index (χ2n) is 10.8. The molecule has 5 rings (SSSR count). The number of carbonyl (C=O) groups excluding carboxylic acids is 1. The van der Waals surface area contributed by atoms with Crippen molar-refractivity contribution < 1.29 is 18.3 Å². The standard InChI is InChI=1S/C27H35N5O4S2.ClH/c1-27(2)17-19-6-5-9-23(25(19)28-18-27)38(35,36)30-21(16-24-29-20-7-3-4-8-22(20)37-24)26(34)32-12-10-31(11-13-32)14-15-33;/h3-9,21,28,30,33H,10-18H2,1-2H3;1H/t21-;/m0./s1. The summed E-state index contributed by atoms with van der Waals surface area (Å²) in [5, 5.41) is 13.3. The van der Waals surface area contributed by atoms with Gasteiger partial charge in [0.05, 0.1) is 27.5 Å². The Bertz CT molecular complexity index is 1390. The molecule has 3 heterocycles. The molecule has 1 saturated heterocycles. The maximum Gasteiger partial charge on any atom is 0.243 e. The molecule has 1 atom stereocenters. The summed E-state index contributed by atoms with van der Waals surface area (Å²) in [6.45, 7) is 7.83. The van der Waals surface area contributed by atoms with E-state index >= 15 is 0 Å². The first-order valence-electron chi connectivity index (χ1n) is 13.0. The van der Waals surface area contributed by atoms with E-state index < -0.39 is 16.1 Å². The van der Waals surface area contributed by atoms with Crippen LogP contribution in [0.2, 0.25) is 0 Å². The van der Waals surface area contributed by atoms with Gasteiger partial charge in [-0.1, -0.05) is 38.1 Å². The Morgan fingerprint density at radius 3 is 2.62 bits per heavy atom. The molecule has 0 unspecified atom stereocenters. The molecule has 2 aromatic carbocycles. The largest absolute Gasteiger partial charge is 0.395 e. The summed E-state index contributed by atoms with van der Waals surface area (Å²) < 4.78 is 31.3. The van der Waals surface area contributed by atoms with Crippen molar-refractivity contribution in [3.63, 3.8) is 0 Å². The van der Waals surface area contributed by atoms with Crippen LogP contribution in [0.3, 0.4) is 0 Å². The Morgan fingerprint density at radius 2 is 1.90 bits per heavy atom. The number of hydrogen-bond acceptors (Lipinski definition) is 8. The molecule has 0 aliphatic carbocycles. The van der Waals surface area contributed by atoms with Crippen molar-refractivity contribution in [3.05, 3.63) is 53.0 Å². The first kappa shape index (κ1) is 29.7. The van der Waals surface area contributed by atoms with Gasteiger partial charge in [0.1, 0.15) is 10.9 Å². The summed E-state index contributed by atoms with van der Waals surface area (Å²) in [4.78, 5) is 22.4. The van der Waals surface area contributed by atoms with Crippen molar-refractivity contribution in [2.75, 3.05) is 51.2 Å². The van der Waals surface area contributed by atoms with Crippen LogP contribution in [0.15, 0.2) is 47.4 Å². The summed E-state index contributed by atoms with van der Waals surface area (Å²) in [5.41, 5.74) is 2.43. The van der Waals surface area contributed by atoms with E-state index in [4.69, 9.17) is 0 Å². The van der Waals surface area contributed by atoms with Crippen molar-refractivity contribution in [2.45, 2.75) is 37.6 Å². The normalized spacial score (nSPS) is 18.2. The predicted octanol–water partition coefficient (Wildman–Crippen LogP) is 2.74. The lowest BCUT2D eigenvalue weighted by Gasteiger charge is -2.36. The Labute approximate surface area is 240 Å². The molecular weight excluding hydrogens is 558 g/mol. The number of halogens is 1. The molecule has 1 amide bonds. The molecule has 1 fully saturated rings. The zero-order valence-electron chi connectivity index (χ0n) is 22.2. The fourth-order valence-electron chi connectivity index (χ4n) is 5.22. The van der Waals surface area contributed by atoms with Crippen LogP contribution in [0.1, 0.15) is 24.4 Å². The minimum absolute atomic E-state index is 0. The maximum absolute atomic E-state index is 13.8. The van der Waals surface area contributed by atoms with Crippen molar-refractivity contribution in [3.8, 4) is 0 Å². The molecule has 0 spiro atoms. The van der Waals surface area contributed by atoms with Crippen LogP contribution in [-0.2, 0) is 27.7 Å². The number of aliphatic hydroxyl groups is 1. The number of amides is 1. The number of anilines is 1. The molecule has 12 heteroatoms. The molecule has 9 nitrogen and oxygen atoms in total. The average Bonchev–Trinajstić information content (AvgIpc) is 3.30. The van der Waals surface area contributed by atoms with Gasteiger partial charge in [0, 0.05) is 45.7 Å². The molecule has 0 radical (unpaired) electrons. The summed E-state index contributed by atoms with van der Waals surface area (Å²) in [6, 6.07) is 12.1. The van der Waals surface area contributed by atoms with Gasteiger partial charge in [-0.3, -0.25) is 9.69 Å². The molecule has 212 valence electrons. The molecule has 2 aliphatic rings. The Kier molecular flexibility index (Phi) is 9.19. The topological polar surface area (TPSA) is 115 Å². The summed E-state index contributed by atoms with van der Waals surface area (Å²) in [6.07, 6.45) is 0.939. The molecular formula is C27H36ClN5O4S2. The highest BCUT2D eigenvalue weighted by atomic mass is 35.5. The zero-order chi connectivity index (χ0) is 26.9. The lowest BCUT2D eigenvalue weighted by Crippen LogP contribution is -2.55. The highest BCUT2D eigenvalue weighted by Gasteiger charge is 2.35. The molecule has 0 saturated carbocycles. The number of carbonyl (C=O) groups is 1. The second-order valence-corrected chi connectivity index (χ2v) is 13.6. The SMILES string of the molecule is CC1(C)CNc2c(cccc2S(=O)(=O)N[C@@H](Cc2nc3ccccc3s2)C(=O)N2CCN(CCO)CC2)C1.Cl. The number of hydrogen-bond donors (Lipinski definition) is 3. The first-order chi connectivity index (χ1) is 18.1. The van der Waals surface area contributed by atoms with Gasteiger partial charge in [0.15, 0.2) is 0 Å². The van der Waals surface area contributed by atoms with Gasteiger partial charge < -0.3 is 15.3 Å². The highest BCUT2D eigenvalue weighted by Crippen LogP contribution is 2.36. The smallest absolute Gasteiger partial charge is 0.243 e. The number of nitrogens with zero attached hydrogens (tertiary/aromatic N) is 3. The molecule has 3 aromatic rings. The number of aromatic nitrogens is 1. The first-order valence-corrected chi connectivity index (χ1v) is 15.3. The average molecular weight is 594 g/mol. The van der Waals surface area contributed by atoms with E-state index in [-0.39, 0.29) is 41.7 Å². The number of rotatable bonds is 8. The van der Waals surface area contributed by atoms with Gasteiger partial charge >= 0.3 is 0 Å². The van der Waals surface area contributed by atoms with Crippen molar-refractivity contribution in [1.82, 2.24) is 19.5 Å². The van der Waals surface area contributed by atoms with E-state index in [9.17, 15) is 18.3 Å². The fourth-order valence-corrected chi connectivity index (χ4v) is 7.65. The van der Waals surface area contributed by atoms with Crippen LogP contribution in [0.4, 0.5) is 5.69 Å². The number of aliphatic hydroxyl groups excluding tert-OH is 1. The van der Waals surface area contributed by atoms with Gasteiger partial charge in [0.2, 0.25) is 15.9 Å². The van der Waals surface area contributed by atoms with Crippen LogP contribution in [0.5, 0.6) is 0 Å². The summed E-state index contributed by atoms with van der Waals surface area (Å²) in [7, 11) is -4.02. The predicted molar refractivity (Wildman–Crippen MR) is 157 cm³/mol. The van der Waals surface area contributed by atoms with Crippen molar-refractivity contribution >= 4 is 55.6 Å². The number of piperazine rings is 1. The van der Waals surface area contributed by atoms with Gasteiger partial charge in [0.25, 0.3) is 0 Å². The van der Waals surface area contributed by atoms with E-state index in [0.717, 1.165) is 22.2 Å². The maximum atomic E-state index is 13.8. The third-order valence-corrected chi connectivity index (χ3v) is 9.80. The van der Waals surface area contributed by atoms with Crippen LogP contribution >= 0.6 is 23.7 Å². The number of fused-ring (bicyclic) bond motifs is 2. The van der Waals surface area contributed by atoms with E-state index in [1.807, 2.05) is 30.3 Å².